The highest BCUT2D eigenvalue weighted by Crippen LogP contribution is 2.00. The summed E-state index contributed by atoms with van der Waals surface area (Å²) >= 11 is 0. The molecule has 0 saturated carbocycles. The Morgan fingerprint density at radius 1 is 1.10 bits per heavy atom. The van der Waals surface area contributed by atoms with Gasteiger partial charge in [-0.25, -0.2) is 4.79 Å². The summed E-state index contributed by atoms with van der Waals surface area (Å²) in [5.74, 6) is -1.08. The SMILES string of the molecule is [2H]/C(C(=O)OCC)=C(/[2H])c1c([2H])c([2H])c([2H])c([2H])c1[2H].[2H]C(=O)c1c([2H])c([2H])c([2H])c([2H])c1[2H]. The standard InChI is InChI=1S/C11H12O2.C7H6O/c1-2-13-11(12)9-8-10-6-4-3-5-7-10;8-6-7-4-2-1-3-5-7/h3-9H,2H2,1H3;1-6H/b9-8+;/i3D,4D,5D,6D,7D,8D,9D;1D,2D,3D,4D,5D,6D. The van der Waals surface area contributed by atoms with Crippen LogP contribution in [0, 0.1) is 0 Å². The molecule has 0 aliphatic rings. The second-order valence-corrected chi connectivity index (χ2v) is 3.07. The molecule has 0 spiro atoms. The van der Waals surface area contributed by atoms with Gasteiger partial charge in [-0.05, 0) is 18.5 Å². The molecule has 108 valence electrons. The predicted octanol–water partition coefficient (Wildman–Crippen LogP) is 3.76. The van der Waals surface area contributed by atoms with Crippen molar-refractivity contribution < 1.29 is 32.1 Å². The molecule has 21 heavy (non-hydrogen) atoms. The summed E-state index contributed by atoms with van der Waals surface area (Å²) in [6, 6.07) is -7.74. The van der Waals surface area contributed by atoms with Gasteiger partial charge in [-0.1, -0.05) is 60.4 Å². The molecular weight excluding hydrogens is 264 g/mol. The molecule has 0 saturated heterocycles. The third kappa shape index (κ3) is 7.47. The average molecular weight is 295 g/mol. The minimum Gasteiger partial charge on any atom is -0.463 e. The Bertz CT molecular complexity index is 1130. The minimum atomic E-state index is -1.28. The zero-order chi connectivity index (χ0) is 26.7. The van der Waals surface area contributed by atoms with Crippen LogP contribution in [0.1, 0.15) is 40.7 Å². The maximum atomic E-state index is 11.4. The zero-order valence-corrected chi connectivity index (χ0v) is 10.9. The maximum Gasteiger partial charge on any atom is 0.330 e. The third-order valence-electron chi connectivity index (χ3n) is 1.67. The highest BCUT2D eigenvalue weighted by atomic mass is 16.5. The number of ether oxygens (including phenoxy) is 1. The van der Waals surface area contributed by atoms with E-state index in [9.17, 15) is 9.59 Å². The van der Waals surface area contributed by atoms with E-state index in [1.807, 2.05) is 0 Å². The second kappa shape index (κ2) is 10.1. The summed E-state index contributed by atoms with van der Waals surface area (Å²) in [5.41, 5.74) is -1.08. The number of aldehydes is 1. The molecule has 0 heterocycles. The molecule has 0 radical (unpaired) electrons. The topological polar surface area (TPSA) is 43.4 Å². The Hall–Kier alpha value is -2.68. The summed E-state index contributed by atoms with van der Waals surface area (Å²) in [6.07, 6.45) is -1.28. The first-order chi connectivity index (χ1) is 15.6. The molecule has 0 fully saturated rings. The number of hydrogen-bond donors (Lipinski definition) is 0. The van der Waals surface area contributed by atoms with Crippen molar-refractivity contribution in [1.29, 1.82) is 0 Å². The van der Waals surface area contributed by atoms with Crippen molar-refractivity contribution in [2.75, 3.05) is 6.61 Å². The number of benzene rings is 2. The Labute approximate surface area is 143 Å². The minimum absolute atomic E-state index is 0.00893. The molecule has 0 bridgehead atoms. The molecule has 3 heteroatoms. The monoisotopic (exact) mass is 295 g/mol. The molecule has 2 aromatic rings. The van der Waals surface area contributed by atoms with E-state index in [4.69, 9.17) is 17.8 Å². The third-order valence-corrected chi connectivity index (χ3v) is 1.67. The predicted molar refractivity (Wildman–Crippen MR) is 83.9 cm³/mol. The first-order valence-electron chi connectivity index (χ1n) is 12.1. The molecule has 0 N–H and O–H groups in total. The highest BCUT2D eigenvalue weighted by Gasteiger charge is 1.92. The molecule has 2 rings (SSSR count). The smallest absolute Gasteiger partial charge is 0.330 e. The van der Waals surface area contributed by atoms with Crippen molar-refractivity contribution in [2.45, 2.75) is 6.92 Å². The van der Waals surface area contributed by atoms with Crippen LogP contribution in [0.3, 0.4) is 0 Å². The summed E-state index contributed by atoms with van der Waals surface area (Å²) in [4.78, 5) is 22.1. The van der Waals surface area contributed by atoms with E-state index in [0.717, 1.165) is 0 Å². The van der Waals surface area contributed by atoms with Crippen molar-refractivity contribution >= 4 is 18.3 Å². The Kier molecular flexibility index (Phi) is 2.71. The fraction of sp³-hybridized carbons (Fsp3) is 0.111. The summed E-state index contributed by atoms with van der Waals surface area (Å²) in [7, 11) is 0. The van der Waals surface area contributed by atoms with E-state index in [0.29, 0.717) is 0 Å². The van der Waals surface area contributed by atoms with E-state index in [2.05, 4.69) is 4.74 Å². The number of carbonyl (C=O) groups excluding carboxylic acids is 2. The van der Waals surface area contributed by atoms with Crippen LogP contribution in [-0.4, -0.2) is 18.8 Å². The van der Waals surface area contributed by atoms with Crippen LogP contribution in [0.25, 0.3) is 6.05 Å². The van der Waals surface area contributed by atoms with Crippen molar-refractivity contribution in [3.8, 4) is 0 Å². The van der Waals surface area contributed by atoms with Crippen LogP contribution in [0.2, 0.25) is 0 Å². The molecule has 0 aliphatic heterocycles. The Balaban J connectivity index is 0.000000362. The van der Waals surface area contributed by atoms with Gasteiger partial charge in [0, 0.05) is 11.6 Å². The van der Waals surface area contributed by atoms with E-state index in [1.165, 1.54) is 6.92 Å². The van der Waals surface area contributed by atoms with Gasteiger partial charge in [0.05, 0.1) is 23.1 Å². The summed E-state index contributed by atoms with van der Waals surface area (Å²) in [6.45, 7) is 1.54. The van der Waals surface area contributed by atoms with Gasteiger partial charge in [0.25, 0.3) is 0 Å². The van der Waals surface area contributed by atoms with Gasteiger partial charge in [-0.15, -0.1) is 0 Å². The fourth-order valence-electron chi connectivity index (χ4n) is 0.894. The number of rotatable bonds is 4. The quantitative estimate of drug-likeness (QED) is 0.490. The molecule has 2 aromatic carbocycles. The largest absolute Gasteiger partial charge is 0.463 e. The van der Waals surface area contributed by atoms with Gasteiger partial charge in [-0.3, -0.25) is 4.79 Å². The van der Waals surface area contributed by atoms with Gasteiger partial charge >= 0.3 is 5.97 Å². The lowest BCUT2D eigenvalue weighted by Gasteiger charge is -1.94. The van der Waals surface area contributed by atoms with Crippen LogP contribution in [0.15, 0.2) is 66.5 Å². The molecule has 0 aromatic heterocycles. The van der Waals surface area contributed by atoms with E-state index >= 15 is 0 Å². The number of hydrogen-bond acceptors (Lipinski definition) is 3. The van der Waals surface area contributed by atoms with Crippen LogP contribution < -0.4 is 0 Å². The van der Waals surface area contributed by atoms with Gasteiger partial charge < -0.3 is 4.74 Å². The first-order valence-corrected chi connectivity index (χ1v) is 5.61. The highest BCUT2D eigenvalue weighted by molar-refractivity contribution is 5.86. The van der Waals surface area contributed by atoms with Gasteiger partial charge in [0.2, 0.25) is 0 Å². The second-order valence-electron chi connectivity index (χ2n) is 3.07. The fourth-order valence-corrected chi connectivity index (χ4v) is 0.894. The van der Waals surface area contributed by atoms with Crippen LogP contribution in [0.5, 0.6) is 0 Å². The van der Waals surface area contributed by atoms with E-state index < -0.39 is 95.9 Å². The van der Waals surface area contributed by atoms with Crippen LogP contribution in [0.4, 0.5) is 0 Å². The molecule has 0 amide bonds. The number of esters is 1. The van der Waals surface area contributed by atoms with Crippen LogP contribution >= 0.6 is 0 Å². The maximum absolute atomic E-state index is 11.4. The molecule has 0 atom stereocenters. The lowest BCUT2D eigenvalue weighted by molar-refractivity contribution is -0.137. The van der Waals surface area contributed by atoms with Crippen LogP contribution in [-0.2, 0) is 9.53 Å². The van der Waals surface area contributed by atoms with Crippen molar-refractivity contribution in [3.05, 3.63) is 77.6 Å². The summed E-state index contributed by atoms with van der Waals surface area (Å²) in [5, 5.41) is 0. The average Bonchev–Trinajstić information content (AvgIpc) is 2.78. The molecule has 0 unspecified atom stereocenters. The van der Waals surface area contributed by atoms with E-state index in [-0.39, 0.29) is 6.61 Å². The molecule has 0 aliphatic carbocycles. The van der Waals surface area contributed by atoms with E-state index in [1.54, 1.807) is 0 Å². The van der Waals surface area contributed by atoms with Gasteiger partial charge in [0.1, 0.15) is 7.63 Å². The lowest BCUT2D eigenvalue weighted by Crippen LogP contribution is -1.98. The van der Waals surface area contributed by atoms with Crippen molar-refractivity contribution in [3.63, 3.8) is 0 Å². The van der Waals surface area contributed by atoms with Gasteiger partial charge in [0.15, 0.2) is 0 Å². The van der Waals surface area contributed by atoms with Crippen molar-refractivity contribution in [1.82, 2.24) is 0 Å². The zero-order valence-electron chi connectivity index (χ0n) is 23.9. The lowest BCUT2D eigenvalue weighted by atomic mass is 10.2. The summed E-state index contributed by atoms with van der Waals surface area (Å²) < 4.78 is 100. The molecular formula is C18H18O3. The van der Waals surface area contributed by atoms with Gasteiger partial charge in [-0.2, -0.15) is 0 Å². The normalized spacial score (nSPS) is 19.2. The number of carbonyl (C=O) groups is 2. The Morgan fingerprint density at radius 2 is 1.62 bits per heavy atom. The van der Waals surface area contributed by atoms with Crippen molar-refractivity contribution in [2.24, 2.45) is 0 Å². The Morgan fingerprint density at radius 3 is 2.10 bits per heavy atom. The first kappa shape index (κ1) is 5.60. The molecule has 3 nitrogen and oxygen atoms in total.